The van der Waals surface area contributed by atoms with Gasteiger partial charge in [-0.1, -0.05) is 0 Å². The maximum atomic E-state index is 12.0. The van der Waals surface area contributed by atoms with Crippen LogP contribution >= 0.6 is 0 Å². The average molecular weight is 338 g/mol. The van der Waals surface area contributed by atoms with Gasteiger partial charge in [-0.3, -0.25) is 14.4 Å². The van der Waals surface area contributed by atoms with E-state index in [0.29, 0.717) is 5.75 Å². The lowest BCUT2D eigenvalue weighted by molar-refractivity contribution is -0.138. The molecule has 0 bridgehead atoms. The van der Waals surface area contributed by atoms with E-state index in [1.165, 1.54) is 32.2 Å². The fourth-order valence-electron chi connectivity index (χ4n) is 1.78. The van der Waals surface area contributed by atoms with Crippen LogP contribution in [0.3, 0.4) is 0 Å². The third kappa shape index (κ3) is 5.79. The minimum absolute atomic E-state index is 0.00490. The fourth-order valence-corrected chi connectivity index (χ4v) is 1.78. The van der Waals surface area contributed by atoms with Crippen LogP contribution in [0.4, 0.5) is 0 Å². The zero-order chi connectivity index (χ0) is 18.3. The number of hydrogen-bond donors (Lipinski definition) is 3. The van der Waals surface area contributed by atoms with Gasteiger partial charge in [-0.15, -0.1) is 0 Å². The average Bonchev–Trinajstić information content (AvgIpc) is 2.51. The van der Waals surface area contributed by atoms with Crippen LogP contribution in [0.1, 0.15) is 31.1 Å². The molecule has 0 aliphatic rings. The van der Waals surface area contributed by atoms with Crippen LogP contribution in [-0.2, 0) is 9.59 Å². The summed E-state index contributed by atoms with van der Waals surface area (Å²) in [4.78, 5) is 34.4. The van der Waals surface area contributed by atoms with Crippen LogP contribution in [0.15, 0.2) is 18.2 Å². The van der Waals surface area contributed by atoms with Gasteiger partial charge in [-0.05, 0) is 39.0 Å². The predicted molar refractivity (Wildman–Crippen MR) is 86.3 cm³/mol. The SMILES string of the molecule is COc1cc(C(=O)N[C@@H](C)C(=O)O)ccc1OCC(=O)NC(C)C. The molecule has 0 unspecified atom stereocenters. The molecule has 0 aromatic heterocycles. The third-order valence-corrected chi connectivity index (χ3v) is 2.95. The summed E-state index contributed by atoms with van der Waals surface area (Å²) < 4.78 is 10.5. The highest BCUT2D eigenvalue weighted by Crippen LogP contribution is 2.28. The Balaban J connectivity index is 2.79. The molecule has 0 aliphatic carbocycles. The van der Waals surface area contributed by atoms with Gasteiger partial charge in [0.25, 0.3) is 11.8 Å². The minimum Gasteiger partial charge on any atom is -0.493 e. The largest absolute Gasteiger partial charge is 0.493 e. The first kappa shape index (κ1) is 19.3. The van der Waals surface area contributed by atoms with Gasteiger partial charge in [0.05, 0.1) is 7.11 Å². The Morgan fingerprint density at radius 3 is 2.33 bits per heavy atom. The third-order valence-electron chi connectivity index (χ3n) is 2.95. The molecule has 0 aliphatic heterocycles. The Hall–Kier alpha value is -2.77. The molecule has 24 heavy (non-hydrogen) atoms. The molecule has 8 heteroatoms. The van der Waals surface area contributed by atoms with Crippen molar-refractivity contribution >= 4 is 17.8 Å². The van der Waals surface area contributed by atoms with Gasteiger partial charge in [0.15, 0.2) is 18.1 Å². The van der Waals surface area contributed by atoms with E-state index in [0.717, 1.165) is 0 Å². The van der Waals surface area contributed by atoms with Crippen molar-refractivity contribution in [1.82, 2.24) is 10.6 Å². The second kappa shape index (κ2) is 8.76. The second-order valence-corrected chi connectivity index (χ2v) is 5.41. The van der Waals surface area contributed by atoms with E-state index in [2.05, 4.69) is 10.6 Å². The van der Waals surface area contributed by atoms with E-state index in [1.807, 2.05) is 13.8 Å². The van der Waals surface area contributed by atoms with Crippen molar-refractivity contribution in [3.63, 3.8) is 0 Å². The molecule has 1 aromatic carbocycles. The molecule has 0 heterocycles. The number of benzene rings is 1. The number of nitrogens with one attached hydrogen (secondary N) is 2. The summed E-state index contributed by atoms with van der Waals surface area (Å²) in [6.45, 7) is 4.85. The number of carbonyl (C=O) groups excluding carboxylic acids is 2. The topological polar surface area (TPSA) is 114 Å². The molecule has 0 saturated heterocycles. The molecule has 0 spiro atoms. The first-order valence-electron chi connectivity index (χ1n) is 7.38. The van der Waals surface area contributed by atoms with Crippen LogP contribution in [0.25, 0.3) is 0 Å². The van der Waals surface area contributed by atoms with E-state index in [4.69, 9.17) is 14.6 Å². The molecule has 0 fully saturated rings. The monoisotopic (exact) mass is 338 g/mol. The maximum absolute atomic E-state index is 12.0. The molecule has 1 aromatic rings. The second-order valence-electron chi connectivity index (χ2n) is 5.41. The quantitative estimate of drug-likeness (QED) is 0.646. The number of hydrogen-bond acceptors (Lipinski definition) is 5. The number of carbonyl (C=O) groups is 3. The summed E-state index contributed by atoms with van der Waals surface area (Å²) in [7, 11) is 1.40. The highest BCUT2D eigenvalue weighted by atomic mass is 16.5. The molecule has 2 amide bonds. The number of carboxylic acid groups (broad SMARTS) is 1. The molecule has 8 nitrogen and oxygen atoms in total. The van der Waals surface area contributed by atoms with E-state index < -0.39 is 17.9 Å². The first-order chi connectivity index (χ1) is 11.2. The number of ether oxygens (including phenoxy) is 2. The zero-order valence-corrected chi connectivity index (χ0v) is 14.1. The summed E-state index contributed by atoms with van der Waals surface area (Å²) in [6, 6.07) is 3.35. The van der Waals surface area contributed by atoms with Crippen molar-refractivity contribution in [2.75, 3.05) is 13.7 Å². The lowest BCUT2D eigenvalue weighted by Gasteiger charge is -2.14. The minimum atomic E-state index is -1.13. The Labute approximate surface area is 140 Å². The van der Waals surface area contributed by atoms with E-state index >= 15 is 0 Å². The molecule has 0 saturated carbocycles. The summed E-state index contributed by atoms with van der Waals surface area (Å²) in [6.07, 6.45) is 0. The van der Waals surface area contributed by atoms with Gasteiger partial charge in [0, 0.05) is 11.6 Å². The number of aliphatic carboxylic acids is 1. The molecular weight excluding hydrogens is 316 g/mol. The Morgan fingerprint density at radius 2 is 1.79 bits per heavy atom. The van der Waals surface area contributed by atoms with Gasteiger partial charge in [-0.2, -0.15) is 0 Å². The van der Waals surface area contributed by atoms with Crippen LogP contribution < -0.4 is 20.1 Å². The van der Waals surface area contributed by atoms with Crippen molar-refractivity contribution in [2.24, 2.45) is 0 Å². The lowest BCUT2D eigenvalue weighted by atomic mass is 10.1. The fraction of sp³-hybridized carbons (Fsp3) is 0.438. The molecule has 3 N–H and O–H groups in total. The molecule has 0 radical (unpaired) electrons. The van der Waals surface area contributed by atoms with E-state index in [-0.39, 0.29) is 29.9 Å². The predicted octanol–water partition coefficient (Wildman–Crippen LogP) is 0.802. The van der Waals surface area contributed by atoms with Crippen LogP contribution in [0.2, 0.25) is 0 Å². The van der Waals surface area contributed by atoms with Gasteiger partial charge >= 0.3 is 5.97 Å². The van der Waals surface area contributed by atoms with Crippen molar-refractivity contribution in [2.45, 2.75) is 32.9 Å². The lowest BCUT2D eigenvalue weighted by Crippen LogP contribution is -2.38. The Bertz CT molecular complexity index is 615. The van der Waals surface area contributed by atoms with Gasteiger partial charge in [0.2, 0.25) is 0 Å². The number of rotatable bonds is 8. The van der Waals surface area contributed by atoms with E-state index in [1.54, 1.807) is 0 Å². The van der Waals surface area contributed by atoms with Crippen molar-refractivity contribution in [1.29, 1.82) is 0 Å². The van der Waals surface area contributed by atoms with Gasteiger partial charge < -0.3 is 25.2 Å². The summed E-state index contributed by atoms with van der Waals surface area (Å²) in [5.41, 5.74) is 0.221. The number of carboxylic acids is 1. The summed E-state index contributed by atoms with van der Waals surface area (Å²) in [5, 5.41) is 13.8. The van der Waals surface area contributed by atoms with Crippen molar-refractivity contribution in [3.05, 3.63) is 23.8 Å². The molecular formula is C16H22N2O6. The Kier molecular flexibility index (Phi) is 7.03. The van der Waals surface area contributed by atoms with E-state index in [9.17, 15) is 14.4 Å². The molecule has 1 atom stereocenters. The normalized spacial score (nSPS) is 11.5. The Morgan fingerprint density at radius 1 is 1.12 bits per heavy atom. The van der Waals surface area contributed by atoms with Crippen LogP contribution in [0.5, 0.6) is 11.5 Å². The highest BCUT2D eigenvalue weighted by molar-refractivity contribution is 5.97. The summed E-state index contributed by atoms with van der Waals surface area (Å²) in [5.74, 6) is -1.38. The van der Waals surface area contributed by atoms with Crippen molar-refractivity contribution < 1.29 is 29.0 Å². The standard InChI is InChI=1S/C16H22N2O6/c1-9(2)17-14(19)8-24-12-6-5-11(7-13(12)23-4)15(20)18-10(3)16(21)22/h5-7,9-10H,8H2,1-4H3,(H,17,19)(H,18,20)(H,21,22)/t10-/m0/s1. The molecule has 1 rings (SSSR count). The smallest absolute Gasteiger partial charge is 0.325 e. The maximum Gasteiger partial charge on any atom is 0.325 e. The van der Waals surface area contributed by atoms with Crippen molar-refractivity contribution in [3.8, 4) is 11.5 Å². The highest BCUT2D eigenvalue weighted by Gasteiger charge is 2.17. The van der Waals surface area contributed by atoms with Crippen LogP contribution in [-0.4, -0.2) is 48.7 Å². The first-order valence-corrected chi connectivity index (χ1v) is 7.38. The zero-order valence-electron chi connectivity index (χ0n) is 14.1. The van der Waals surface area contributed by atoms with Crippen LogP contribution in [0, 0.1) is 0 Å². The van der Waals surface area contributed by atoms with Gasteiger partial charge in [-0.25, -0.2) is 0 Å². The molecule has 132 valence electrons. The number of methoxy groups -OCH3 is 1. The number of amides is 2. The summed E-state index contributed by atoms with van der Waals surface area (Å²) >= 11 is 0. The van der Waals surface area contributed by atoms with Gasteiger partial charge in [0.1, 0.15) is 6.04 Å².